The van der Waals surface area contributed by atoms with Crippen molar-refractivity contribution in [3.8, 4) is 0 Å². The number of nitrogens with zero attached hydrogens (tertiary/aromatic N) is 2. The second-order valence-electron chi connectivity index (χ2n) is 7.72. The van der Waals surface area contributed by atoms with Crippen molar-refractivity contribution in [2.45, 2.75) is 24.4 Å². The molecule has 6 nitrogen and oxygen atoms in total. The third kappa shape index (κ3) is 4.38. The van der Waals surface area contributed by atoms with Crippen molar-refractivity contribution in [3.05, 3.63) is 89.7 Å². The molecule has 3 aromatic carbocycles. The summed E-state index contributed by atoms with van der Waals surface area (Å²) in [6.07, 6.45) is 2.34. The molecule has 2 amide bonds. The SMILES string of the molecule is O=C1CCSc2ccc(C(=O)NCc3ccc(Cn4cnc5ccccc54)cc3)cc2N1. The van der Waals surface area contributed by atoms with Gasteiger partial charge in [0.2, 0.25) is 5.91 Å². The minimum atomic E-state index is -0.162. The normalized spacial score (nSPS) is 13.3. The Morgan fingerprint density at radius 3 is 2.75 bits per heavy atom. The van der Waals surface area contributed by atoms with E-state index >= 15 is 0 Å². The van der Waals surface area contributed by atoms with Crippen molar-refractivity contribution in [2.24, 2.45) is 0 Å². The molecule has 160 valence electrons. The highest BCUT2D eigenvalue weighted by Crippen LogP contribution is 2.31. The molecule has 7 heteroatoms. The largest absolute Gasteiger partial charge is 0.348 e. The summed E-state index contributed by atoms with van der Waals surface area (Å²) in [7, 11) is 0. The third-order valence-electron chi connectivity index (χ3n) is 5.46. The smallest absolute Gasteiger partial charge is 0.251 e. The molecule has 0 fully saturated rings. The van der Waals surface area contributed by atoms with E-state index in [1.54, 1.807) is 23.9 Å². The first-order chi connectivity index (χ1) is 15.7. The number of rotatable bonds is 5. The fraction of sp³-hybridized carbons (Fsp3) is 0.160. The Balaban J connectivity index is 1.22. The van der Waals surface area contributed by atoms with Gasteiger partial charge in [0.25, 0.3) is 5.91 Å². The fourth-order valence-electron chi connectivity index (χ4n) is 3.74. The molecule has 0 radical (unpaired) electrons. The van der Waals surface area contributed by atoms with Gasteiger partial charge in [-0.05, 0) is 41.5 Å². The minimum absolute atomic E-state index is 0.0161. The monoisotopic (exact) mass is 442 g/mol. The molecular formula is C25H22N4O2S. The Morgan fingerprint density at radius 1 is 1.06 bits per heavy atom. The summed E-state index contributed by atoms with van der Waals surface area (Å²) in [4.78, 5) is 29.9. The molecule has 1 aliphatic rings. The molecule has 0 unspecified atom stereocenters. The van der Waals surface area contributed by atoms with E-state index in [0.717, 1.165) is 33.8 Å². The number of carbonyl (C=O) groups excluding carboxylic acids is 2. The lowest BCUT2D eigenvalue weighted by atomic mass is 10.1. The van der Waals surface area contributed by atoms with Crippen molar-refractivity contribution < 1.29 is 9.59 Å². The molecule has 1 aliphatic heterocycles. The van der Waals surface area contributed by atoms with Crippen LogP contribution >= 0.6 is 11.8 Å². The predicted molar refractivity (Wildman–Crippen MR) is 127 cm³/mol. The highest BCUT2D eigenvalue weighted by atomic mass is 32.2. The molecule has 4 aromatic rings. The Hall–Kier alpha value is -3.58. The number of hydrogen-bond donors (Lipinski definition) is 2. The molecule has 32 heavy (non-hydrogen) atoms. The van der Waals surface area contributed by atoms with Crippen LogP contribution < -0.4 is 10.6 Å². The zero-order valence-corrected chi connectivity index (χ0v) is 18.2. The molecule has 0 saturated carbocycles. The second-order valence-corrected chi connectivity index (χ2v) is 8.85. The van der Waals surface area contributed by atoms with Gasteiger partial charge in [-0.1, -0.05) is 36.4 Å². The minimum Gasteiger partial charge on any atom is -0.348 e. The summed E-state index contributed by atoms with van der Waals surface area (Å²) in [5.74, 6) is 0.570. The zero-order valence-electron chi connectivity index (χ0n) is 17.4. The van der Waals surface area contributed by atoms with Gasteiger partial charge >= 0.3 is 0 Å². The summed E-state index contributed by atoms with van der Waals surface area (Å²) in [6, 6.07) is 21.7. The van der Waals surface area contributed by atoms with E-state index < -0.39 is 0 Å². The van der Waals surface area contributed by atoms with Crippen LogP contribution in [0.1, 0.15) is 27.9 Å². The summed E-state index contributed by atoms with van der Waals surface area (Å²) in [5.41, 5.74) is 5.54. The van der Waals surface area contributed by atoms with Crippen LogP contribution in [0.4, 0.5) is 5.69 Å². The number of para-hydroxylation sites is 2. The van der Waals surface area contributed by atoms with Crippen LogP contribution in [0, 0.1) is 0 Å². The van der Waals surface area contributed by atoms with Gasteiger partial charge in [-0.3, -0.25) is 9.59 Å². The van der Waals surface area contributed by atoms with Gasteiger partial charge < -0.3 is 15.2 Å². The first-order valence-corrected chi connectivity index (χ1v) is 11.5. The third-order valence-corrected chi connectivity index (χ3v) is 6.53. The van der Waals surface area contributed by atoms with Crippen LogP contribution in [0.15, 0.2) is 78.0 Å². The van der Waals surface area contributed by atoms with Gasteiger partial charge in [-0.2, -0.15) is 0 Å². The Kier molecular flexibility index (Phi) is 5.64. The van der Waals surface area contributed by atoms with Crippen molar-refractivity contribution in [2.75, 3.05) is 11.1 Å². The number of anilines is 1. The van der Waals surface area contributed by atoms with Gasteiger partial charge in [0.05, 0.1) is 23.0 Å². The lowest BCUT2D eigenvalue weighted by Gasteiger charge is -2.10. The summed E-state index contributed by atoms with van der Waals surface area (Å²) < 4.78 is 2.13. The highest BCUT2D eigenvalue weighted by Gasteiger charge is 2.15. The lowest BCUT2D eigenvalue weighted by molar-refractivity contribution is -0.115. The Labute approximate surface area is 190 Å². The highest BCUT2D eigenvalue weighted by molar-refractivity contribution is 7.99. The van der Waals surface area contributed by atoms with E-state index in [1.807, 2.05) is 42.7 Å². The molecule has 2 N–H and O–H groups in total. The quantitative estimate of drug-likeness (QED) is 0.479. The number of thioether (sulfide) groups is 1. The van der Waals surface area contributed by atoms with Crippen LogP contribution in [-0.4, -0.2) is 27.1 Å². The van der Waals surface area contributed by atoms with E-state index in [0.29, 0.717) is 24.2 Å². The molecule has 5 rings (SSSR count). The van der Waals surface area contributed by atoms with Crippen LogP contribution in [0.5, 0.6) is 0 Å². The van der Waals surface area contributed by atoms with Gasteiger partial charge in [-0.25, -0.2) is 4.98 Å². The van der Waals surface area contributed by atoms with E-state index in [4.69, 9.17) is 0 Å². The number of nitrogens with one attached hydrogen (secondary N) is 2. The number of amides is 2. The lowest BCUT2D eigenvalue weighted by Crippen LogP contribution is -2.23. The average molecular weight is 443 g/mol. The number of benzene rings is 3. The van der Waals surface area contributed by atoms with E-state index in [2.05, 4.69) is 38.4 Å². The summed E-state index contributed by atoms with van der Waals surface area (Å²) in [5, 5.41) is 5.84. The molecule has 2 heterocycles. The van der Waals surface area contributed by atoms with Crippen LogP contribution in [-0.2, 0) is 17.9 Å². The van der Waals surface area contributed by atoms with Gasteiger partial charge in [0, 0.05) is 35.7 Å². The first-order valence-electron chi connectivity index (χ1n) is 10.5. The molecule has 0 aliphatic carbocycles. The van der Waals surface area contributed by atoms with Crippen molar-refractivity contribution in [1.82, 2.24) is 14.9 Å². The Morgan fingerprint density at radius 2 is 1.88 bits per heavy atom. The maximum atomic E-state index is 12.6. The first kappa shape index (κ1) is 20.3. The zero-order chi connectivity index (χ0) is 21.9. The topological polar surface area (TPSA) is 76.0 Å². The van der Waals surface area contributed by atoms with Crippen LogP contribution in [0.2, 0.25) is 0 Å². The molecule has 0 atom stereocenters. The molecule has 1 aromatic heterocycles. The van der Waals surface area contributed by atoms with Crippen molar-refractivity contribution in [1.29, 1.82) is 0 Å². The fourth-order valence-corrected chi connectivity index (χ4v) is 4.68. The summed E-state index contributed by atoms with van der Waals surface area (Å²) >= 11 is 1.63. The van der Waals surface area contributed by atoms with Crippen molar-refractivity contribution in [3.63, 3.8) is 0 Å². The van der Waals surface area contributed by atoms with E-state index in [1.165, 1.54) is 5.56 Å². The second kappa shape index (κ2) is 8.88. The maximum Gasteiger partial charge on any atom is 0.251 e. The Bertz CT molecular complexity index is 1300. The molecular weight excluding hydrogens is 420 g/mol. The molecule has 0 spiro atoms. The number of aromatic nitrogens is 2. The predicted octanol–water partition coefficient (Wildman–Crippen LogP) is 4.45. The average Bonchev–Trinajstić information content (AvgIpc) is 3.11. The van der Waals surface area contributed by atoms with E-state index in [9.17, 15) is 9.59 Å². The van der Waals surface area contributed by atoms with Gasteiger partial charge in [0.15, 0.2) is 0 Å². The number of carbonyl (C=O) groups is 2. The molecule has 0 saturated heterocycles. The van der Waals surface area contributed by atoms with E-state index in [-0.39, 0.29) is 11.8 Å². The van der Waals surface area contributed by atoms with Gasteiger partial charge in [-0.15, -0.1) is 11.8 Å². The molecule has 0 bridgehead atoms. The summed E-state index contributed by atoms with van der Waals surface area (Å²) in [6.45, 7) is 1.18. The number of imidazole rings is 1. The van der Waals surface area contributed by atoms with Crippen LogP contribution in [0.3, 0.4) is 0 Å². The number of hydrogen-bond acceptors (Lipinski definition) is 4. The maximum absolute atomic E-state index is 12.6. The van der Waals surface area contributed by atoms with Crippen molar-refractivity contribution >= 4 is 40.3 Å². The van der Waals surface area contributed by atoms with Gasteiger partial charge in [0.1, 0.15) is 0 Å². The number of fused-ring (bicyclic) bond motifs is 2. The standard InChI is InChI=1S/C25H22N4O2S/c30-24-11-12-32-23-10-9-19(13-21(23)28-24)25(31)26-14-17-5-7-18(8-6-17)15-29-16-27-20-3-1-2-4-22(20)29/h1-10,13,16H,11-12,14-15H2,(H,26,31)(H,28,30). The van der Waals surface area contributed by atoms with Crippen LogP contribution in [0.25, 0.3) is 11.0 Å².